The van der Waals surface area contributed by atoms with Crippen LogP contribution in [0.5, 0.6) is 11.5 Å². The maximum atomic E-state index is 12.1. The number of amides is 1. The monoisotopic (exact) mass is 352 g/mol. The Balaban J connectivity index is 1.62. The molecule has 0 aliphatic rings. The van der Waals surface area contributed by atoms with Crippen molar-refractivity contribution in [3.05, 3.63) is 77.5 Å². The summed E-state index contributed by atoms with van der Waals surface area (Å²) in [5.41, 5.74) is 2.72. The number of furan rings is 1. The average molecular weight is 352 g/mol. The number of nitrogens with one attached hydrogen (secondary N) is 1. The molecule has 0 radical (unpaired) electrons. The Morgan fingerprint density at radius 3 is 2.62 bits per heavy atom. The van der Waals surface area contributed by atoms with E-state index in [1.807, 2.05) is 37.3 Å². The second-order valence-electron chi connectivity index (χ2n) is 5.74. The number of carbonyl (C=O) groups excluding carboxylic acids is 1. The molecular weight excluding hydrogens is 332 g/mol. The summed E-state index contributed by atoms with van der Waals surface area (Å²) in [7, 11) is 1.59. The molecule has 1 amide bonds. The van der Waals surface area contributed by atoms with Crippen LogP contribution in [0.3, 0.4) is 0 Å². The van der Waals surface area contributed by atoms with Crippen molar-refractivity contribution in [1.82, 2.24) is 10.3 Å². The minimum atomic E-state index is -0.246. The van der Waals surface area contributed by atoms with Crippen molar-refractivity contribution in [3.63, 3.8) is 0 Å². The van der Waals surface area contributed by atoms with E-state index in [2.05, 4.69) is 10.3 Å². The Kier molecular flexibility index (Phi) is 5.53. The third-order valence-electron chi connectivity index (χ3n) is 3.89. The van der Waals surface area contributed by atoms with Gasteiger partial charge < -0.3 is 19.2 Å². The molecule has 2 aromatic heterocycles. The topological polar surface area (TPSA) is 73.6 Å². The molecule has 134 valence electrons. The smallest absolute Gasteiger partial charge is 0.287 e. The van der Waals surface area contributed by atoms with E-state index in [1.165, 1.54) is 6.26 Å². The minimum absolute atomic E-state index is 0.246. The molecule has 1 aromatic carbocycles. The second kappa shape index (κ2) is 8.20. The first-order valence-electron chi connectivity index (χ1n) is 8.18. The highest BCUT2D eigenvalue weighted by atomic mass is 16.5. The number of aromatic nitrogens is 1. The van der Waals surface area contributed by atoms with Crippen molar-refractivity contribution >= 4 is 5.91 Å². The van der Waals surface area contributed by atoms with Crippen LogP contribution in [0.1, 0.15) is 27.2 Å². The van der Waals surface area contributed by atoms with Crippen molar-refractivity contribution in [2.24, 2.45) is 0 Å². The van der Waals surface area contributed by atoms with Gasteiger partial charge in [0.05, 0.1) is 13.4 Å². The Labute approximate surface area is 151 Å². The van der Waals surface area contributed by atoms with Crippen LogP contribution >= 0.6 is 0 Å². The molecule has 3 aromatic rings. The number of nitrogens with zero attached hydrogens (tertiary/aromatic N) is 1. The largest absolute Gasteiger partial charge is 0.493 e. The summed E-state index contributed by atoms with van der Waals surface area (Å²) in [5, 5.41) is 2.83. The van der Waals surface area contributed by atoms with Gasteiger partial charge in [0.2, 0.25) is 0 Å². The molecule has 0 bridgehead atoms. The molecule has 26 heavy (non-hydrogen) atoms. The normalized spacial score (nSPS) is 10.4. The molecular formula is C20H20N2O4. The summed E-state index contributed by atoms with van der Waals surface area (Å²) in [6.07, 6.45) is 4.95. The van der Waals surface area contributed by atoms with E-state index in [1.54, 1.807) is 25.6 Å². The number of hydrogen-bond donors (Lipinski definition) is 1. The van der Waals surface area contributed by atoms with Gasteiger partial charge in [0.1, 0.15) is 6.61 Å². The quantitative estimate of drug-likeness (QED) is 0.704. The average Bonchev–Trinajstić information content (AvgIpc) is 3.11. The summed E-state index contributed by atoms with van der Waals surface area (Å²) >= 11 is 0. The first-order valence-corrected chi connectivity index (χ1v) is 8.18. The summed E-state index contributed by atoms with van der Waals surface area (Å²) < 4.78 is 16.4. The van der Waals surface area contributed by atoms with Crippen molar-refractivity contribution in [3.8, 4) is 11.5 Å². The highest BCUT2D eigenvalue weighted by molar-refractivity contribution is 5.92. The SMILES string of the molecule is COc1cc(CNC(=O)c2occc2C)ccc1OCc1ccncc1. The van der Waals surface area contributed by atoms with E-state index in [0.717, 1.165) is 16.7 Å². The van der Waals surface area contributed by atoms with Gasteiger partial charge in [-0.25, -0.2) is 0 Å². The zero-order valence-corrected chi connectivity index (χ0v) is 14.7. The van der Waals surface area contributed by atoms with E-state index in [9.17, 15) is 4.79 Å². The van der Waals surface area contributed by atoms with Crippen molar-refractivity contribution in [1.29, 1.82) is 0 Å². The Morgan fingerprint density at radius 2 is 1.92 bits per heavy atom. The number of carbonyl (C=O) groups is 1. The van der Waals surface area contributed by atoms with Crippen LogP contribution in [0, 0.1) is 6.92 Å². The molecule has 0 saturated heterocycles. The van der Waals surface area contributed by atoms with Crippen LogP contribution in [-0.4, -0.2) is 18.0 Å². The molecule has 0 atom stereocenters. The van der Waals surface area contributed by atoms with Crippen molar-refractivity contribution in [2.45, 2.75) is 20.1 Å². The fourth-order valence-corrected chi connectivity index (χ4v) is 2.45. The number of aryl methyl sites for hydroxylation is 1. The van der Waals surface area contributed by atoms with E-state index in [4.69, 9.17) is 13.9 Å². The molecule has 0 spiro atoms. The van der Waals surface area contributed by atoms with Crippen molar-refractivity contribution in [2.75, 3.05) is 7.11 Å². The maximum Gasteiger partial charge on any atom is 0.287 e. The standard InChI is InChI=1S/C20H20N2O4/c1-14-7-10-25-19(14)20(23)22-12-16-3-4-17(18(11-16)24-2)26-13-15-5-8-21-9-6-15/h3-11H,12-13H2,1-2H3,(H,22,23). The highest BCUT2D eigenvalue weighted by Crippen LogP contribution is 2.28. The van der Waals surface area contributed by atoms with Crippen molar-refractivity contribution < 1.29 is 18.7 Å². The molecule has 1 N–H and O–H groups in total. The summed E-state index contributed by atoms with van der Waals surface area (Å²) in [5.74, 6) is 1.33. The fourth-order valence-electron chi connectivity index (χ4n) is 2.45. The number of hydrogen-bond acceptors (Lipinski definition) is 5. The van der Waals surface area contributed by atoms with Gasteiger partial charge >= 0.3 is 0 Å². The molecule has 6 heteroatoms. The highest BCUT2D eigenvalue weighted by Gasteiger charge is 2.13. The van der Waals surface area contributed by atoms with Crippen LogP contribution in [0.25, 0.3) is 0 Å². The lowest BCUT2D eigenvalue weighted by Crippen LogP contribution is -2.22. The number of ether oxygens (including phenoxy) is 2. The first kappa shape index (κ1) is 17.5. The maximum absolute atomic E-state index is 12.1. The van der Waals surface area contributed by atoms with Gasteiger partial charge in [-0.2, -0.15) is 0 Å². The third-order valence-corrected chi connectivity index (χ3v) is 3.89. The summed E-state index contributed by atoms with van der Waals surface area (Å²) in [6, 6.07) is 11.1. The lowest BCUT2D eigenvalue weighted by Gasteiger charge is -2.12. The van der Waals surface area contributed by atoms with E-state index in [0.29, 0.717) is 30.4 Å². The van der Waals surface area contributed by atoms with Crippen LogP contribution in [0.4, 0.5) is 0 Å². The molecule has 0 aliphatic heterocycles. The predicted octanol–water partition coefficient (Wildman–Crippen LogP) is 3.50. The van der Waals surface area contributed by atoms with Gasteiger partial charge in [0, 0.05) is 24.5 Å². The van der Waals surface area contributed by atoms with Gasteiger partial charge in [-0.1, -0.05) is 6.07 Å². The molecule has 2 heterocycles. The Bertz CT molecular complexity index is 875. The Hall–Kier alpha value is -3.28. The van der Waals surface area contributed by atoms with Crippen LogP contribution < -0.4 is 14.8 Å². The van der Waals surface area contributed by atoms with Gasteiger partial charge in [-0.3, -0.25) is 9.78 Å². The van der Waals surface area contributed by atoms with Gasteiger partial charge in [-0.05, 0) is 48.4 Å². The minimum Gasteiger partial charge on any atom is -0.493 e. The lowest BCUT2D eigenvalue weighted by molar-refractivity contribution is 0.0922. The molecule has 0 unspecified atom stereocenters. The number of pyridine rings is 1. The van der Waals surface area contributed by atoms with E-state index in [-0.39, 0.29) is 5.91 Å². The molecule has 3 rings (SSSR count). The predicted molar refractivity (Wildman–Crippen MR) is 96.2 cm³/mol. The molecule has 0 aliphatic carbocycles. The fraction of sp³-hybridized carbons (Fsp3) is 0.200. The molecule has 0 saturated carbocycles. The number of benzene rings is 1. The van der Waals surface area contributed by atoms with Crippen LogP contribution in [-0.2, 0) is 13.2 Å². The van der Waals surface area contributed by atoms with E-state index >= 15 is 0 Å². The van der Waals surface area contributed by atoms with Crippen LogP contribution in [0.2, 0.25) is 0 Å². The van der Waals surface area contributed by atoms with Gasteiger partial charge in [-0.15, -0.1) is 0 Å². The Morgan fingerprint density at radius 1 is 1.12 bits per heavy atom. The number of rotatable bonds is 7. The van der Waals surface area contributed by atoms with Gasteiger partial charge in [0.25, 0.3) is 5.91 Å². The lowest BCUT2D eigenvalue weighted by atomic mass is 10.2. The second-order valence-corrected chi connectivity index (χ2v) is 5.74. The summed E-state index contributed by atoms with van der Waals surface area (Å²) in [6.45, 7) is 2.61. The summed E-state index contributed by atoms with van der Waals surface area (Å²) in [4.78, 5) is 16.1. The van der Waals surface area contributed by atoms with Crippen LogP contribution in [0.15, 0.2) is 59.5 Å². The van der Waals surface area contributed by atoms with E-state index < -0.39 is 0 Å². The molecule has 6 nitrogen and oxygen atoms in total. The first-order chi connectivity index (χ1) is 12.7. The number of methoxy groups -OCH3 is 1. The third kappa shape index (κ3) is 4.22. The molecule has 0 fully saturated rings. The van der Waals surface area contributed by atoms with Gasteiger partial charge in [0.15, 0.2) is 17.3 Å². The zero-order valence-electron chi connectivity index (χ0n) is 14.7. The zero-order chi connectivity index (χ0) is 18.4.